The maximum Gasteiger partial charge on any atom is 0.417 e. The molecule has 5 aromatic rings. The van der Waals surface area contributed by atoms with Crippen LogP contribution in [-0.2, 0) is 24.1 Å². The van der Waals surface area contributed by atoms with Gasteiger partial charge in [-0.15, -0.1) is 0 Å². The van der Waals surface area contributed by atoms with Crippen LogP contribution in [0.5, 0.6) is 5.75 Å². The second kappa shape index (κ2) is 15.3. The molecule has 0 aliphatic rings. The van der Waals surface area contributed by atoms with Crippen molar-refractivity contribution in [2.24, 2.45) is 0 Å². The molecule has 4 aromatic carbocycles. The first-order valence-electron chi connectivity index (χ1n) is 15.3. The Kier molecular flexibility index (Phi) is 11.0. The molecule has 0 saturated heterocycles. The van der Waals surface area contributed by atoms with Crippen LogP contribution in [0.1, 0.15) is 41.0 Å². The fourth-order valence-electron chi connectivity index (χ4n) is 5.74. The van der Waals surface area contributed by atoms with Gasteiger partial charge >= 0.3 is 6.18 Å². The topological polar surface area (TPSA) is 46.5 Å². The highest BCUT2D eigenvalue weighted by Crippen LogP contribution is 2.37. The van der Waals surface area contributed by atoms with Crippen molar-refractivity contribution >= 4 is 28.4 Å². The lowest BCUT2D eigenvalue weighted by Gasteiger charge is -2.29. The molecule has 1 heterocycles. The van der Waals surface area contributed by atoms with Gasteiger partial charge < -0.3 is 14.6 Å². The number of halogens is 4. The zero-order chi connectivity index (χ0) is 32.5. The standard InChI is InChI=1S/C37H37ClF3N3O2/c1-42-35(45)26-44-22-20-30-33(44)18-11-19-34(30)46-23-9-8-21-43(24-29-16-10-17-32(36(29)38)37(39,40)41)25-31(27-12-4-2-5-13-27)28-14-6-3-7-15-28/h2-7,10-20,22,31H,8-9,21,23-26H2,1H3,(H,42,45). The van der Waals surface area contributed by atoms with E-state index in [0.29, 0.717) is 25.3 Å². The number of aromatic nitrogens is 1. The molecule has 1 amide bonds. The summed E-state index contributed by atoms with van der Waals surface area (Å²) >= 11 is 6.35. The number of hydrogen-bond acceptors (Lipinski definition) is 3. The lowest BCUT2D eigenvalue weighted by atomic mass is 9.90. The van der Waals surface area contributed by atoms with Crippen LogP contribution >= 0.6 is 11.6 Å². The largest absolute Gasteiger partial charge is 0.493 e. The summed E-state index contributed by atoms with van der Waals surface area (Å²) in [6.45, 7) is 2.21. The summed E-state index contributed by atoms with van der Waals surface area (Å²) in [5, 5.41) is 3.32. The minimum Gasteiger partial charge on any atom is -0.493 e. The van der Waals surface area contributed by atoms with E-state index in [-0.39, 0.29) is 29.9 Å². The summed E-state index contributed by atoms with van der Waals surface area (Å²) in [6.07, 6.45) is -1.15. The molecule has 240 valence electrons. The Labute approximate surface area is 272 Å². The number of amides is 1. The van der Waals surface area contributed by atoms with E-state index in [2.05, 4.69) is 34.5 Å². The number of hydrogen-bond donors (Lipinski definition) is 1. The van der Waals surface area contributed by atoms with Crippen molar-refractivity contribution in [2.45, 2.75) is 38.0 Å². The Morgan fingerprint density at radius 3 is 2.22 bits per heavy atom. The van der Waals surface area contributed by atoms with Gasteiger partial charge in [0.1, 0.15) is 12.3 Å². The fraction of sp³-hybridized carbons (Fsp3) is 0.270. The summed E-state index contributed by atoms with van der Waals surface area (Å²) in [4.78, 5) is 14.1. The molecule has 0 aliphatic heterocycles. The zero-order valence-electron chi connectivity index (χ0n) is 25.6. The summed E-state index contributed by atoms with van der Waals surface area (Å²) in [5.74, 6) is 0.676. The van der Waals surface area contributed by atoms with Crippen molar-refractivity contribution in [3.63, 3.8) is 0 Å². The van der Waals surface area contributed by atoms with Crippen LogP contribution in [0.15, 0.2) is 109 Å². The number of carbonyl (C=O) groups is 1. The van der Waals surface area contributed by atoms with E-state index in [4.69, 9.17) is 16.3 Å². The number of rotatable bonds is 14. The number of alkyl halides is 3. The normalized spacial score (nSPS) is 11.8. The smallest absolute Gasteiger partial charge is 0.417 e. The van der Waals surface area contributed by atoms with Crippen molar-refractivity contribution in [1.29, 1.82) is 0 Å². The average molecular weight is 648 g/mol. The van der Waals surface area contributed by atoms with Gasteiger partial charge in [-0.1, -0.05) is 90.5 Å². The third kappa shape index (κ3) is 8.30. The Bertz CT molecular complexity index is 1690. The van der Waals surface area contributed by atoms with E-state index in [9.17, 15) is 18.0 Å². The second-order valence-electron chi connectivity index (χ2n) is 11.2. The molecular formula is C37H37ClF3N3O2. The molecule has 0 bridgehead atoms. The molecule has 9 heteroatoms. The maximum atomic E-state index is 13.7. The summed E-state index contributed by atoms with van der Waals surface area (Å²) < 4.78 is 49.1. The van der Waals surface area contributed by atoms with Crippen LogP contribution in [0.2, 0.25) is 5.02 Å². The summed E-state index contributed by atoms with van der Waals surface area (Å²) in [5.41, 5.74) is 2.81. The number of benzene rings is 4. The van der Waals surface area contributed by atoms with Gasteiger partial charge in [-0.25, -0.2) is 0 Å². The lowest BCUT2D eigenvalue weighted by Crippen LogP contribution is -2.30. The highest BCUT2D eigenvalue weighted by atomic mass is 35.5. The van der Waals surface area contributed by atoms with E-state index < -0.39 is 11.7 Å². The number of nitrogens with one attached hydrogen (secondary N) is 1. The van der Waals surface area contributed by atoms with Crippen molar-refractivity contribution in [2.75, 3.05) is 26.7 Å². The average Bonchev–Trinajstić information content (AvgIpc) is 3.47. The Balaban J connectivity index is 1.31. The van der Waals surface area contributed by atoms with E-state index in [1.54, 1.807) is 13.1 Å². The molecule has 46 heavy (non-hydrogen) atoms. The third-order valence-electron chi connectivity index (χ3n) is 8.12. The summed E-state index contributed by atoms with van der Waals surface area (Å²) in [6, 6.07) is 32.2. The number of unbranched alkanes of at least 4 members (excludes halogenated alkanes) is 1. The van der Waals surface area contributed by atoms with Crippen LogP contribution in [-0.4, -0.2) is 42.1 Å². The summed E-state index contributed by atoms with van der Waals surface area (Å²) in [7, 11) is 1.61. The van der Waals surface area contributed by atoms with Gasteiger partial charge in [0.2, 0.25) is 5.91 Å². The van der Waals surface area contributed by atoms with Crippen molar-refractivity contribution in [1.82, 2.24) is 14.8 Å². The first kappa shape index (κ1) is 33.1. The molecule has 0 fully saturated rings. The van der Waals surface area contributed by atoms with Crippen LogP contribution < -0.4 is 10.1 Å². The predicted molar refractivity (Wildman–Crippen MR) is 177 cm³/mol. The Morgan fingerprint density at radius 1 is 0.891 bits per heavy atom. The van der Waals surface area contributed by atoms with Crippen LogP contribution in [0.3, 0.4) is 0 Å². The van der Waals surface area contributed by atoms with E-state index >= 15 is 0 Å². The number of fused-ring (bicyclic) bond motifs is 1. The molecular weight excluding hydrogens is 611 g/mol. The third-order valence-corrected chi connectivity index (χ3v) is 8.56. The monoisotopic (exact) mass is 647 g/mol. The minimum atomic E-state index is -4.53. The molecule has 0 radical (unpaired) electrons. The van der Waals surface area contributed by atoms with Gasteiger partial charge in [-0.05, 0) is 60.3 Å². The van der Waals surface area contributed by atoms with Crippen LogP contribution in [0, 0.1) is 0 Å². The van der Waals surface area contributed by atoms with Crippen LogP contribution in [0.25, 0.3) is 10.9 Å². The molecule has 1 aromatic heterocycles. The second-order valence-corrected chi connectivity index (χ2v) is 11.6. The molecule has 0 saturated carbocycles. The predicted octanol–water partition coefficient (Wildman–Crippen LogP) is 8.55. The first-order valence-corrected chi connectivity index (χ1v) is 15.7. The van der Waals surface area contributed by atoms with E-state index in [1.165, 1.54) is 6.07 Å². The van der Waals surface area contributed by atoms with Crippen molar-refractivity contribution < 1.29 is 22.7 Å². The highest BCUT2D eigenvalue weighted by molar-refractivity contribution is 6.32. The van der Waals surface area contributed by atoms with Gasteiger partial charge in [0.05, 0.1) is 22.7 Å². The minimum absolute atomic E-state index is 0.0136. The number of likely N-dealkylation sites (N-methyl/N-ethyl adjacent to an activating group) is 1. The van der Waals surface area contributed by atoms with Gasteiger partial charge in [0.15, 0.2) is 0 Å². The Morgan fingerprint density at radius 2 is 1.57 bits per heavy atom. The Hall–Kier alpha value is -4.27. The van der Waals surface area contributed by atoms with Gasteiger partial charge in [0.25, 0.3) is 0 Å². The number of ether oxygens (including phenoxy) is 1. The molecule has 0 atom stereocenters. The van der Waals surface area contributed by atoms with Gasteiger partial charge in [0, 0.05) is 37.6 Å². The lowest BCUT2D eigenvalue weighted by molar-refractivity contribution is -0.137. The highest BCUT2D eigenvalue weighted by Gasteiger charge is 2.34. The van der Waals surface area contributed by atoms with E-state index in [0.717, 1.165) is 46.7 Å². The molecule has 0 unspecified atom stereocenters. The molecule has 0 spiro atoms. The van der Waals surface area contributed by atoms with Gasteiger partial charge in [-0.3, -0.25) is 9.69 Å². The van der Waals surface area contributed by atoms with E-state index in [1.807, 2.05) is 71.4 Å². The zero-order valence-corrected chi connectivity index (χ0v) is 26.4. The number of carbonyl (C=O) groups excluding carboxylic acids is 1. The quantitative estimate of drug-likeness (QED) is 0.123. The van der Waals surface area contributed by atoms with Crippen molar-refractivity contribution in [3.05, 3.63) is 137 Å². The van der Waals surface area contributed by atoms with Crippen LogP contribution in [0.4, 0.5) is 13.2 Å². The molecule has 5 rings (SSSR count). The van der Waals surface area contributed by atoms with Gasteiger partial charge in [-0.2, -0.15) is 13.2 Å². The number of nitrogens with zero attached hydrogens (tertiary/aromatic N) is 2. The van der Waals surface area contributed by atoms with Crippen molar-refractivity contribution in [3.8, 4) is 5.75 Å². The first-order chi connectivity index (χ1) is 22.2. The SMILES string of the molecule is CNC(=O)Cn1ccc2c(OCCCCN(Cc3cccc(C(F)(F)F)c3Cl)CC(c3ccccc3)c3ccccc3)cccc21. The maximum absolute atomic E-state index is 13.7. The molecule has 5 nitrogen and oxygen atoms in total. The molecule has 0 aliphatic carbocycles. The fourth-order valence-corrected chi connectivity index (χ4v) is 6.03. The molecule has 1 N–H and O–H groups in total.